The summed E-state index contributed by atoms with van der Waals surface area (Å²) in [6.45, 7) is 0. The van der Waals surface area contributed by atoms with Gasteiger partial charge in [0.25, 0.3) is 0 Å². The number of nitrogens with zero attached hydrogens (tertiary/aromatic N) is 2. The number of hydrogen-bond donors (Lipinski definition) is 0. The van der Waals surface area contributed by atoms with Crippen LogP contribution in [0.15, 0.2) is 199 Å². The van der Waals surface area contributed by atoms with Gasteiger partial charge in [-0.15, -0.1) is 11.3 Å². The van der Waals surface area contributed by atoms with Gasteiger partial charge in [-0.2, -0.15) is 0 Å². The minimum Gasteiger partial charge on any atom is -0.455 e. The minimum absolute atomic E-state index is 0.673. The number of hydrogen-bond acceptors (Lipinski definition) is 4. The van der Waals surface area contributed by atoms with E-state index < -0.39 is 0 Å². The highest BCUT2D eigenvalue weighted by Crippen LogP contribution is 2.46. The van der Waals surface area contributed by atoms with Crippen LogP contribution in [0.5, 0.6) is 0 Å². The van der Waals surface area contributed by atoms with Crippen molar-refractivity contribution in [1.82, 2.24) is 9.97 Å². The van der Waals surface area contributed by atoms with Gasteiger partial charge in [0, 0.05) is 53.2 Å². The summed E-state index contributed by atoms with van der Waals surface area (Å²) in [7, 11) is 0. The van der Waals surface area contributed by atoms with Crippen LogP contribution < -0.4 is 0 Å². The molecule has 11 aromatic rings. The number of para-hydroxylation sites is 1. The predicted molar refractivity (Wildman–Crippen MR) is 235 cm³/mol. The smallest absolute Gasteiger partial charge is 0.160 e. The molecule has 11 rings (SSSR count). The molecule has 0 N–H and O–H groups in total. The number of rotatable bonds is 6. The van der Waals surface area contributed by atoms with Gasteiger partial charge in [0.05, 0.1) is 11.4 Å². The molecular weight excluding hydrogens is 701 g/mol. The van der Waals surface area contributed by atoms with Crippen LogP contribution in [0.25, 0.3) is 109 Å². The van der Waals surface area contributed by atoms with Crippen LogP contribution in [0.4, 0.5) is 0 Å². The number of fused-ring (bicyclic) bond motifs is 6. The molecule has 3 heterocycles. The zero-order chi connectivity index (χ0) is 37.0. The molecule has 0 saturated heterocycles. The summed E-state index contributed by atoms with van der Waals surface area (Å²) in [5.74, 6) is 0.673. The molecule has 0 atom stereocenters. The van der Waals surface area contributed by atoms with Crippen LogP contribution in [-0.4, -0.2) is 9.97 Å². The molecule has 0 amide bonds. The molecule has 4 heteroatoms. The molecular formula is C52H32N2OS. The summed E-state index contributed by atoms with van der Waals surface area (Å²) in [5.41, 5.74) is 13.4. The van der Waals surface area contributed by atoms with E-state index in [2.05, 4.69) is 176 Å². The Balaban J connectivity index is 1.07. The topological polar surface area (TPSA) is 38.9 Å². The molecule has 0 aliphatic rings. The molecule has 3 nitrogen and oxygen atoms in total. The molecule has 0 radical (unpaired) electrons. The fourth-order valence-corrected chi connectivity index (χ4v) is 9.15. The number of aromatic nitrogens is 2. The Morgan fingerprint density at radius 1 is 0.357 bits per heavy atom. The van der Waals surface area contributed by atoms with Gasteiger partial charge in [-0.1, -0.05) is 164 Å². The van der Waals surface area contributed by atoms with Crippen LogP contribution >= 0.6 is 11.3 Å². The van der Waals surface area contributed by atoms with E-state index in [9.17, 15) is 0 Å². The second-order valence-corrected chi connectivity index (χ2v) is 15.2. The molecule has 3 aromatic heterocycles. The average molecular weight is 733 g/mol. The Labute approximate surface area is 327 Å². The SMILES string of the molecule is c1ccc(-c2ccc(-c3ccc(-c4nc(-c5ccccc5)cc(-c5ccc(-c6cccc7sc8ccccc8c67)c6oc7ccccc7c56)n4)cc3)cc2)cc1. The standard InChI is InChI=1S/C52H32N2OS/c1-3-12-33(13-4-1)34-22-24-35(25-23-34)36-26-28-38(29-27-36)52-53-44(37-14-5-2-6-15-37)32-45(54-52)41-31-30-40(51-50(41)42-16-7-9-19-46(42)55-51)39-18-11-21-48-49(39)43-17-8-10-20-47(43)56-48/h1-32H. The van der Waals surface area contributed by atoms with Crippen LogP contribution in [0, 0.1) is 0 Å². The molecule has 0 unspecified atom stereocenters. The zero-order valence-corrected chi connectivity index (χ0v) is 31.0. The van der Waals surface area contributed by atoms with Gasteiger partial charge in [-0.05, 0) is 58.1 Å². The highest BCUT2D eigenvalue weighted by molar-refractivity contribution is 7.25. The van der Waals surface area contributed by atoms with Gasteiger partial charge in [-0.25, -0.2) is 9.97 Å². The lowest BCUT2D eigenvalue weighted by molar-refractivity contribution is 0.670. The van der Waals surface area contributed by atoms with Gasteiger partial charge in [0.1, 0.15) is 11.2 Å². The molecule has 56 heavy (non-hydrogen) atoms. The Kier molecular flexibility index (Phi) is 7.68. The fourth-order valence-electron chi connectivity index (χ4n) is 8.02. The lowest BCUT2D eigenvalue weighted by atomic mass is 9.94. The van der Waals surface area contributed by atoms with Crippen molar-refractivity contribution < 1.29 is 4.42 Å². The average Bonchev–Trinajstić information content (AvgIpc) is 3.86. The summed E-state index contributed by atoms with van der Waals surface area (Å²) >= 11 is 1.83. The molecule has 0 saturated carbocycles. The molecule has 0 aliphatic heterocycles. The summed E-state index contributed by atoms with van der Waals surface area (Å²) in [4.78, 5) is 10.5. The van der Waals surface area contributed by atoms with E-state index in [0.29, 0.717) is 5.82 Å². The van der Waals surface area contributed by atoms with Gasteiger partial charge >= 0.3 is 0 Å². The summed E-state index contributed by atoms with van der Waals surface area (Å²) < 4.78 is 9.36. The van der Waals surface area contributed by atoms with E-state index >= 15 is 0 Å². The molecule has 0 aliphatic carbocycles. The highest BCUT2D eigenvalue weighted by atomic mass is 32.1. The van der Waals surface area contributed by atoms with Gasteiger partial charge < -0.3 is 4.42 Å². The molecule has 0 fully saturated rings. The Morgan fingerprint density at radius 2 is 0.911 bits per heavy atom. The summed E-state index contributed by atoms with van der Waals surface area (Å²) in [5, 5.41) is 4.63. The third-order valence-corrected chi connectivity index (χ3v) is 11.9. The first-order chi connectivity index (χ1) is 27.7. The van der Waals surface area contributed by atoms with E-state index in [0.717, 1.165) is 66.7 Å². The van der Waals surface area contributed by atoms with Crippen molar-refractivity contribution in [2.45, 2.75) is 0 Å². The first-order valence-corrected chi connectivity index (χ1v) is 19.6. The van der Waals surface area contributed by atoms with Gasteiger partial charge in [0.2, 0.25) is 0 Å². The van der Waals surface area contributed by atoms with Crippen molar-refractivity contribution in [1.29, 1.82) is 0 Å². The number of benzene rings is 8. The van der Waals surface area contributed by atoms with E-state index in [1.54, 1.807) is 0 Å². The Morgan fingerprint density at radius 3 is 1.64 bits per heavy atom. The monoisotopic (exact) mass is 732 g/mol. The van der Waals surface area contributed by atoms with Crippen molar-refractivity contribution in [3.63, 3.8) is 0 Å². The maximum absolute atomic E-state index is 6.82. The molecule has 8 aromatic carbocycles. The van der Waals surface area contributed by atoms with Crippen LogP contribution in [0.2, 0.25) is 0 Å². The van der Waals surface area contributed by atoms with Crippen molar-refractivity contribution in [2.75, 3.05) is 0 Å². The van der Waals surface area contributed by atoms with E-state index in [-0.39, 0.29) is 0 Å². The third-order valence-electron chi connectivity index (χ3n) is 10.8. The lowest BCUT2D eigenvalue weighted by Gasteiger charge is -2.12. The first-order valence-electron chi connectivity index (χ1n) is 18.8. The van der Waals surface area contributed by atoms with E-state index in [4.69, 9.17) is 14.4 Å². The predicted octanol–water partition coefficient (Wildman–Crippen LogP) is 14.7. The highest BCUT2D eigenvalue weighted by Gasteiger charge is 2.21. The Hall–Kier alpha value is -7.14. The Bertz CT molecular complexity index is 3220. The zero-order valence-electron chi connectivity index (χ0n) is 30.2. The quantitative estimate of drug-likeness (QED) is 0.171. The molecule has 0 spiro atoms. The van der Waals surface area contributed by atoms with Crippen molar-refractivity contribution >= 4 is 53.4 Å². The van der Waals surface area contributed by atoms with Crippen molar-refractivity contribution in [3.05, 3.63) is 194 Å². The maximum atomic E-state index is 6.82. The summed E-state index contributed by atoms with van der Waals surface area (Å²) in [6.07, 6.45) is 0. The lowest BCUT2D eigenvalue weighted by Crippen LogP contribution is -1.96. The van der Waals surface area contributed by atoms with Crippen molar-refractivity contribution in [2.24, 2.45) is 0 Å². The van der Waals surface area contributed by atoms with Gasteiger partial charge in [0.15, 0.2) is 5.82 Å². The fraction of sp³-hybridized carbons (Fsp3) is 0. The largest absolute Gasteiger partial charge is 0.455 e. The third kappa shape index (κ3) is 5.50. The van der Waals surface area contributed by atoms with Crippen LogP contribution in [0.1, 0.15) is 0 Å². The molecule has 262 valence electrons. The normalized spacial score (nSPS) is 11.6. The number of thiophene rings is 1. The second-order valence-electron chi connectivity index (χ2n) is 14.1. The second kappa shape index (κ2) is 13.3. The first kappa shape index (κ1) is 32.3. The van der Waals surface area contributed by atoms with Crippen LogP contribution in [-0.2, 0) is 0 Å². The van der Waals surface area contributed by atoms with E-state index in [1.807, 2.05) is 29.5 Å². The van der Waals surface area contributed by atoms with E-state index in [1.165, 1.54) is 36.9 Å². The van der Waals surface area contributed by atoms with Crippen LogP contribution in [0.3, 0.4) is 0 Å². The van der Waals surface area contributed by atoms with Crippen molar-refractivity contribution in [3.8, 4) is 67.3 Å². The minimum atomic E-state index is 0.673. The number of furan rings is 1. The maximum Gasteiger partial charge on any atom is 0.160 e. The van der Waals surface area contributed by atoms with Gasteiger partial charge in [-0.3, -0.25) is 0 Å². The summed E-state index contributed by atoms with van der Waals surface area (Å²) in [6, 6.07) is 68.3. The molecule has 0 bridgehead atoms.